The number of benzene rings is 1. The first kappa shape index (κ1) is 13.0. The first-order valence-electron chi connectivity index (χ1n) is 5.64. The molecule has 96 valence electrons. The molecular formula is C12H14ClFN4. The maximum Gasteiger partial charge on any atom is 0.165 e. The minimum atomic E-state index is -0.471. The van der Waals surface area contributed by atoms with Gasteiger partial charge < -0.3 is 10.3 Å². The molecular weight excluding hydrogens is 255 g/mol. The molecule has 0 radical (unpaired) electrons. The van der Waals surface area contributed by atoms with Crippen LogP contribution in [0.5, 0.6) is 0 Å². The summed E-state index contributed by atoms with van der Waals surface area (Å²) in [6.45, 7) is 4.25. The quantitative estimate of drug-likeness (QED) is 0.931. The number of rotatable bonds is 3. The fourth-order valence-corrected chi connectivity index (χ4v) is 2.08. The lowest BCUT2D eigenvalue weighted by Crippen LogP contribution is -2.11. The molecule has 0 bridgehead atoms. The second-order valence-electron chi connectivity index (χ2n) is 4.21. The maximum absolute atomic E-state index is 13.5. The van der Waals surface area contributed by atoms with Crippen molar-refractivity contribution in [2.45, 2.75) is 26.4 Å². The summed E-state index contributed by atoms with van der Waals surface area (Å²) in [5.41, 5.74) is 6.14. The molecule has 6 heteroatoms. The third kappa shape index (κ3) is 2.11. The molecule has 4 nitrogen and oxygen atoms in total. The summed E-state index contributed by atoms with van der Waals surface area (Å²) in [7, 11) is 0. The van der Waals surface area contributed by atoms with Crippen LogP contribution in [0.4, 0.5) is 4.39 Å². The Labute approximate surface area is 110 Å². The van der Waals surface area contributed by atoms with E-state index >= 15 is 0 Å². The van der Waals surface area contributed by atoms with Crippen molar-refractivity contribution in [3.05, 3.63) is 34.9 Å². The molecule has 2 N–H and O–H groups in total. The van der Waals surface area contributed by atoms with Gasteiger partial charge in [0.15, 0.2) is 5.82 Å². The molecule has 0 atom stereocenters. The molecule has 2 rings (SSSR count). The predicted molar refractivity (Wildman–Crippen MR) is 68.7 cm³/mol. The van der Waals surface area contributed by atoms with E-state index in [-0.39, 0.29) is 17.6 Å². The van der Waals surface area contributed by atoms with Crippen LogP contribution in [-0.4, -0.2) is 14.8 Å². The average molecular weight is 269 g/mol. The normalized spacial score (nSPS) is 11.2. The molecule has 0 aliphatic rings. The van der Waals surface area contributed by atoms with Crippen molar-refractivity contribution in [1.29, 1.82) is 0 Å². The van der Waals surface area contributed by atoms with Crippen LogP contribution in [0.1, 0.15) is 25.7 Å². The van der Waals surface area contributed by atoms with E-state index in [2.05, 4.69) is 10.2 Å². The Morgan fingerprint density at radius 1 is 1.39 bits per heavy atom. The zero-order chi connectivity index (χ0) is 13.3. The molecule has 0 saturated carbocycles. The summed E-state index contributed by atoms with van der Waals surface area (Å²) < 4.78 is 15.3. The van der Waals surface area contributed by atoms with E-state index in [4.69, 9.17) is 17.3 Å². The first-order chi connectivity index (χ1) is 8.56. The van der Waals surface area contributed by atoms with Crippen LogP contribution in [0.3, 0.4) is 0 Å². The van der Waals surface area contributed by atoms with Gasteiger partial charge in [-0.3, -0.25) is 0 Å². The minimum absolute atomic E-state index is 0.0513. The van der Waals surface area contributed by atoms with Crippen LogP contribution < -0.4 is 5.73 Å². The van der Waals surface area contributed by atoms with Crippen molar-refractivity contribution in [3.63, 3.8) is 0 Å². The Morgan fingerprint density at radius 2 is 2.11 bits per heavy atom. The highest BCUT2D eigenvalue weighted by atomic mass is 35.5. The van der Waals surface area contributed by atoms with Crippen molar-refractivity contribution < 1.29 is 4.39 Å². The molecule has 1 heterocycles. The van der Waals surface area contributed by atoms with Crippen molar-refractivity contribution in [2.24, 2.45) is 5.73 Å². The van der Waals surface area contributed by atoms with Gasteiger partial charge in [-0.1, -0.05) is 17.7 Å². The number of nitrogens with zero attached hydrogens (tertiary/aromatic N) is 3. The smallest absolute Gasteiger partial charge is 0.165 e. The van der Waals surface area contributed by atoms with Crippen LogP contribution in [0.25, 0.3) is 11.4 Å². The van der Waals surface area contributed by atoms with E-state index < -0.39 is 5.82 Å². The zero-order valence-corrected chi connectivity index (χ0v) is 10.9. The highest BCUT2D eigenvalue weighted by molar-refractivity contribution is 6.33. The monoisotopic (exact) mass is 268 g/mol. The Bertz CT molecular complexity index is 565. The maximum atomic E-state index is 13.5. The Morgan fingerprint density at radius 3 is 2.72 bits per heavy atom. The van der Waals surface area contributed by atoms with Gasteiger partial charge in [0.25, 0.3) is 0 Å². The topological polar surface area (TPSA) is 56.7 Å². The van der Waals surface area contributed by atoms with Gasteiger partial charge in [0.05, 0.1) is 11.6 Å². The highest BCUT2D eigenvalue weighted by Gasteiger charge is 2.18. The largest absolute Gasteiger partial charge is 0.324 e. The summed E-state index contributed by atoms with van der Waals surface area (Å²) in [4.78, 5) is 0. The van der Waals surface area contributed by atoms with Crippen LogP contribution in [0.2, 0.25) is 5.02 Å². The standard InChI is InChI=1S/C12H14ClFN4/c1-7(2)18-10(6-15)16-17-12(18)8-4-3-5-9(14)11(8)13/h3-5,7H,6,15H2,1-2H3. The van der Waals surface area contributed by atoms with E-state index in [1.807, 2.05) is 18.4 Å². The van der Waals surface area contributed by atoms with E-state index in [1.54, 1.807) is 12.1 Å². The van der Waals surface area contributed by atoms with Gasteiger partial charge in [-0.25, -0.2) is 4.39 Å². The molecule has 2 aromatic rings. The lowest BCUT2D eigenvalue weighted by atomic mass is 10.2. The zero-order valence-electron chi connectivity index (χ0n) is 10.2. The van der Waals surface area contributed by atoms with Crippen LogP contribution >= 0.6 is 11.6 Å². The summed E-state index contributed by atoms with van der Waals surface area (Å²) in [5, 5.41) is 8.12. The number of halogens is 2. The van der Waals surface area contributed by atoms with E-state index in [9.17, 15) is 4.39 Å². The van der Waals surface area contributed by atoms with Gasteiger partial charge >= 0.3 is 0 Å². The molecule has 0 fully saturated rings. The molecule has 0 aliphatic carbocycles. The van der Waals surface area contributed by atoms with Gasteiger partial charge in [0.2, 0.25) is 0 Å². The van der Waals surface area contributed by atoms with Crippen molar-refractivity contribution in [1.82, 2.24) is 14.8 Å². The minimum Gasteiger partial charge on any atom is -0.324 e. The first-order valence-corrected chi connectivity index (χ1v) is 6.02. The van der Waals surface area contributed by atoms with E-state index in [1.165, 1.54) is 6.07 Å². The number of aromatic nitrogens is 3. The third-order valence-corrected chi connectivity index (χ3v) is 3.04. The van der Waals surface area contributed by atoms with E-state index in [0.717, 1.165) is 0 Å². The molecule has 1 aromatic heterocycles. The number of hydrogen-bond donors (Lipinski definition) is 1. The van der Waals surface area contributed by atoms with Crippen molar-refractivity contribution in [2.75, 3.05) is 0 Å². The van der Waals surface area contributed by atoms with Gasteiger partial charge in [-0.15, -0.1) is 10.2 Å². The van der Waals surface area contributed by atoms with Gasteiger partial charge in [0.1, 0.15) is 11.6 Å². The lowest BCUT2D eigenvalue weighted by Gasteiger charge is -2.14. The van der Waals surface area contributed by atoms with Gasteiger partial charge in [-0.2, -0.15) is 0 Å². The summed E-state index contributed by atoms with van der Waals surface area (Å²) in [6.07, 6.45) is 0. The predicted octanol–water partition coefficient (Wildman–Crippen LogP) is 2.78. The lowest BCUT2D eigenvalue weighted by molar-refractivity contribution is 0.573. The second kappa shape index (κ2) is 5.04. The molecule has 0 amide bonds. The van der Waals surface area contributed by atoms with Gasteiger partial charge in [-0.05, 0) is 26.0 Å². The average Bonchev–Trinajstić information content (AvgIpc) is 2.76. The second-order valence-corrected chi connectivity index (χ2v) is 4.59. The SMILES string of the molecule is CC(C)n1c(CN)nnc1-c1cccc(F)c1Cl. The van der Waals surface area contributed by atoms with Crippen LogP contribution in [-0.2, 0) is 6.54 Å². The number of hydrogen-bond acceptors (Lipinski definition) is 3. The van der Waals surface area contributed by atoms with Gasteiger partial charge in [0, 0.05) is 11.6 Å². The molecule has 0 unspecified atom stereocenters. The highest BCUT2D eigenvalue weighted by Crippen LogP contribution is 2.30. The summed E-state index contributed by atoms with van der Waals surface area (Å²) in [6, 6.07) is 4.74. The van der Waals surface area contributed by atoms with Crippen molar-refractivity contribution >= 4 is 11.6 Å². The Hall–Kier alpha value is -1.46. The Kier molecular flexibility index (Phi) is 3.63. The molecule has 0 aliphatic heterocycles. The molecule has 1 aromatic carbocycles. The summed E-state index contributed by atoms with van der Waals surface area (Å²) in [5.74, 6) is 0.719. The molecule has 18 heavy (non-hydrogen) atoms. The van der Waals surface area contributed by atoms with E-state index in [0.29, 0.717) is 17.2 Å². The fourth-order valence-electron chi connectivity index (χ4n) is 1.87. The third-order valence-electron chi connectivity index (χ3n) is 2.66. The molecule has 0 spiro atoms. The summed E-state index contributed by atoms with van der Waals surface area (Å²) >= 11 is 5.97. The van der Waals surface area contributed by atoms with Crippen molar-refractivity contribution in [3.8, 4) is 11.4 Å². The van der Waals surface area contributed by atoms with Crippen LogP contribution in [0, 0.1) is 5.82 Å². The molecule has 0 saturated heterocycles. The van der Waals surface area contributed by atoms with Crippen LogP contribution in [0.15, 0.2) is 18.2 Å². The number of nitrogens with two attached hydrogens (primary N) is 1. The fraction of sp³-hybridized carbons (Fsp3) is 0.333. The Balaban J connectivity index is 2.64.